The van der Waals surface area contributed by atoms with Crippen molar-refractivity contribution < 1.29 is 9.13 Å². The van der Waals surface area contributed by atoms with Crippen molar-refractivity contribution in [2.75, 3.05) is 12.4 Å². The molecule has 0 heterocycles. The van der Waals surface area contributed by atoms with E-state index in [0.29, 0.717) is 23.4 Å². The molecule has 0 amide bonds. The molecule has 1 saturated carbocycles. The van der Waals surface area contributed by atoms with E-state index < -0.39 is 0 Å². The van der Waals surface area contributed by atoms with Gasteiger partial charge in [0.2, 0.25) is 0 Å². The fourth-order valence-corrected chi connectivity index (χ4v) is 2.74. The number of hydrogen-bond acceptors (Lipinski definition) is 2. The lowest BCUT2D eigenvalue weighted by molar-refractivity contribution is 0.328. The topological polar surface area (TPSA) is 21.3 Å². The Morgan fingerprint density at radius 3 is 2.67 bits per heavy atom. The van der Waals surface area contributed by atoms with Crippen LogP contribution < -0.4 is 10.1 Å². The molecular formula is C15H22FNO. The van der Waals surface area contributed by atoms with Crippen LogP contribution in [0.25, 0.3) is 0 Å². The van der Waals surface area contributed by atoms with Gasteiger partial charge in [0.05, 0.1) is 12.8 Å². The van der Waals surface area contributed by atoms with E-state index in [-0.39, 0.29) is 5.82 Å². The first-order valence-corrected chi connectivity index (χ1v) is 6.81. The zero-order chi connectivity index (χ0) is 13.0. The number of anilines is 1. The van der Waals surface area contributed by atoms with Crippen molar-refractivity contribution in [1.29, 1.82) is 0 Å². The maximum Gasteiger partial charge on any atom is 0.146 e. The molecule has 1 aromatic carbocycles. The van der Waals surface area contributed by atoms with E-state index in [2.05, 4.69) is 12.2 Å². The largest absolute Gasteiger partial charge is 0.497 e. The Morgan fingerprint density at radius 1 is 1.28 bits per heavy atom. The summed E-state index contributed by atoms with van der Waals surface area (Å²) in [7, 11) is 1.60. The van der Waals surface area contributed by atoms with E-state index >= 15 is 0 Å². The first-order valence-electron chi connectivity index (χ1n) is 6.81. The van der Waals surface area contributed by atoms with Gasteiger partial charge in [-0.25, -0.2) is 4.39 Å². The summed E-state index contributed by atoms with van der Waals surface area (Å²) in [5, 5.41) is 3.30. The van der Waals surface area contributed by atoms with Crippen LogP contribution in [-0.4, -0.2) is 13.2 Å². The van der Waals surface area contributed by atoms with Crippen molar-refractivity contribution in [2.45, 2.75) is 45.1 Å². The maximum absolute atomic E-state index is 13.7. The molecule has 1 atom stereocenters. The minimum atomic E-state index is -0.210. The lowest BCUT2D eigenvalue weighted by atomic mass is 9.84. The van der Waals surface area contributed by atoms with Crippen LogP contribution in [0.15, 0.2) is 18.2 Å². The highest BCUT2D eigenvalue weighted by Crippen LogP contribution is 2.29. The van der Waals surface area contributed by atoms with Gasteiger partial charge >= 0.3 is 0 Å². The van der Waals surface area contributed by atoms with Crippen LogP contribution in [0.4, 0.5) is 10.1 Å². The van der Waals surface area contributed by atoms with Gasteiger partial charge in [0.15, 0.2) is 0 Å². The molecule has 1 N–H and O–H groups in total. The van der Waals surface area contributed by atoms with Gasteiger partial charge in [0, 0.05) is 12.1 Å². The Morgan fingerprint density at radius 2 is 2.00 bits per heavy atom. The van der Waals surface area contributed by atoms with Crippen LogP contribution >= 0.6 is 0 Å². The normalized spacial score (nSPS) is 18.4. The highest BCUT2D eigenvalue weighted by atomic mass is 19.1. The number of benzene rings is 1. The summed E-state index contributed by atoms with van der Waals surface area (Å²) in [5.74, 6) is 1.14. The van der Waals surface area contributed by atoms with E-state index in [4.69, 9.17) is 4.74 Å². The lowest BCUT2D eigenvalue weighted by Crippen LogP contribution is -2.28. The van der Waals surface area contributed by atoms with Crippen molar-refractivity contribution in [3.05, 3.63) is 24.0 Å². The molecule has 0 aromatic heterocycles. The van der Waals surface area contributed by atoms with E-state index in [1.807, 2.05) is 0 Å². The summed E-state index contributed by atoms with van der Waals surface area (Å²) in [6.07, 6.45) is 6.45. The Bertz CT molecular complexity index is 388. The second-order valence-electron chi connectivity index (χ2n) is 5.18. The van der Waals surface area contributed by atoms with E-state index in [9.17, 15) is 4.39 Å². The summed E-state index contributed by atoms with van der Waals surface area (Å²) in [4.78, 5) is 0. The molecule has 1 fully saturated rings. The zero-order valence-corrected chi connectivity index (χ0v) is 11.2. The molecule has 3 heteroatoms. The molecule has 0 aliphatic heterocycles. The predicted molar refractivity (Wildman–Crippen MR) is 72.6 cm³/mol. The highest BCUT2D eigenvalue weighted by molar-refractivity contribution is 5.50. The molecule has 1 unspecified atom stereocenters. The van der Waals surface area contributed by atoms with Gasteiger partial charge in [-0.05, 0) is 37.8 Å². The molecule has 1 aliphatic carbocycles. The second kappa shape index (κ2) is 6.07. The van der Waals surface area contributed by atoms with Gasteiger partial charge in [-0.15, -0.1) is 0 Å². The van der Waals surface area contributed by atoms with E-state index in [1.165, 1.54) is 38.2 Å². The van der Waals surface area contributed by atoms with Crippen LogP contribution in [0.3, 0.4) is 0 Å². The van der Waals surface area contributed by atoms with Gasteiger partial charge in [-0.3, -0.25) is 0 Å². The molecule has 18 heavy (non-hydrogen) atoms. The summed E-state index contributed by atoms with van der Waals surface area (Å²) in [6, 6.07) is 5.14. The Hall–Kier alpha value is -1.25. The lowest BCUT2D eigenvalue weighted by Gasteiger charge is -2.29. The summed E-state index contributed by atoms with van der Waals surface area (Å²) in [6.45, 7) is 2.15. The Labute approximate surface area is 109 Å². The predicted octanol–water partition coefficient (Wildman–Crippen LogP) is 4.22. The smallest absolute Gasteiger partial charge is 0.146 e. The number of nitrogens with one attached hydrogen (secondary N) is 1. The third kappa shape index (κ3) is 3.15. The van der Waals surface area contributed by atoms with Crippen molar-refractivity contribution in [2.24, 2.45) is 5.92 Å². The SMILES string of the molecule is COc1ccc(F)c(NC(C)C2CCCCC2)c1. The van der Waals surface area contributed by atoms with Gasteiger partial charge in [-0.1, -0.05) is 19.3 Å². The summed E-state index contributed by atoms with van der Waals surface area (Å²) >= 11 is 0. The quantitative estimate of drug-likeness (QED) is 0.865. The van der Waals surface area contributed by atoms with Crippen LogP contribution in [0.5, 0.6) is 5.75 Å². The number of methoxy groups -OCH3 is 1. The zero-order valence-electron chi connectivity index (χ0n) is 11.2. The maximum atomic E-state index is 13.7. The summed E-state index contributed by atoms with van der Waals surface area (Å²) in [5.41, 5.74) is 0.549. The number of halogens is 1. The average molecular weight is 251 g/mol. The highest BCUT2D eigenvalue weighted by Gasteiger charge is 2.20. The molecule has 1 aromatic rings. The molecule has 0 saturated heterocycles. The second-order valence-corrected chi connectivity index (χ2v) is 5.18. The molecule has 100 valence electrons. The van der Waals surface area contributed by atoms with Crippen LogP contribution in [0.1, 0.15) is 39.0 Å². The number of hydrogen-bond donors (Lipinski definition) is 1. The number of rotatable bonds is 4. The van der Waals surface area contributed by atoms with E-state index in [0.717, 1.165) is 0 Å². The van der Waals surface area contributed by atoms with Crippen molar-refractivity contribution in [1.82, 2.24) is 0 Å². The fraction of sp³-hybridized carbons (Fsp3) is 0.600. The molecule has 0 spiro atoms. The molecule has 2 nitrogen and oxygen atoms in total. The van der Waals surface area contributed by atoms with E-state index in [1.54, 1.807) is 19.2 Å². The molecule has 1 aliphatic rings. The molecule has 0 bridgehead atoms. The van der Waals surface area contributed by atoms with Crippen molar-refractivity contribution in [3.8, 4) is 5.75 Å². The molecular weight excluding hydrogens is 229 g/mol. The van der Waals surface area contributed by atoms with Crippen LogP contribution in [-0.2, 0) is 0 Å². The Balaban J connectivity index is 2.03. The van der Waals surface area contributed by atoms with Crippen LogP contribution in [0, 0.1) is 11.7 Å². The fourth-order valence-electron chi connectivity index (χ4n) is 2.74. The average Bonchev–Trinajstić information content (AvgIpc) is 2.42. The van der Waals surface area contributed by atoms with Gasteiger partial charge in [-0.2, -0.15) is 0 Å². The third-order valence-corrected chi connectivity index (χ3v) is 3.91. The first-order chi connectivity index (χ1) is 8.70. The standard InChI is InChI=1S/C15H22FNO/c1-11(12-6-4-3-5-7-12)17-15-10-13(18-2)8-9-14(15)16/h8-12,17H,3-7H2,1-2H3. The van der Waals surface area contributed by atoms with Gasteiger partial charge < -0.3 is 10.1 Å². The first kappa shape index (κ1) is 13.2. The number of ether oxygens (including phenoxy) is 1. The minimum Gasteiger partial charge on any atom is -0.497 e. The Kier molecular flexibility index (Phi) is 4.45. The van der Waals surface area contributed by atoms with Crippen LogP contribution in [0.2, 0.25) is 0 Å². The van der Waals surface area contributed by atoms with Crippen molar-refractivity contribution in [3.63, 3.8) is 0 Å². The minimum absolute atomic E-state index is 0.210. The molecule has 2 rings (SSSR count). The van der Waals surface area contributed by atoms with Crippen molar-refractivity contribution >= 4 is 5.69 Å². The van der Waals surface area contributed by atoms with Gasteiger partial charge in [0.25, 0.3) is 0 Å². The third-order valence-electron chi connectivity index (χ3n) is 3.91. The summed E-state index contributed by atoms with van der Waals surface area (Å²) < 4.78 is 18.8. The monoisotopic (exact) mass is 251 g/mol. The molecule has 0 radical (unpaired) electrons. The van der Waals surface area contributed by atoms with Gasteiger partial charge in [0.1, 0.15) is 11.6 Å².